The number of hydrogen-bond donors (Lipinski definition) is 2. The molecule has 2 bridgehead atoms. The van der Waals surface area contributed by atoms with Crippen molar-refractivity contribution in [3.05, 3.63) is 77.9 Å². The molecule has 2 aromatic rings. The van der Waals surface area contributed by atoms with Crippen LogP contribution in [-0.2, 0) is 0 Å². The number of rotatable bonds is 7. The Morgan fingerprint density at radius 3 is 2.50 bits per heavy atom. The van der Waals surface area contributed by atoms with Crippen LogP contribution in [0.3, 0.4) is 0 Å². The molecule has 6 heteroatoms. The SMILES string of the molecule is C=CCN1CCC2CCCC(C1)N2C(c1ccc(C(=O)NN2CCCCC2)cc1)c1cccc(O)c1. The van der Waals surface area contributed by atoms with Crippen molar-refractivity contribution in [1.82, 2.24) is 20.2 Å². The maximum Gasteiger partial charge on any atom is 0.265 e. The van der Waals surface area contributed by atoms with Crippen LogP contribution < -0.4 is 5.43 Å². The van der Waals surface area contributed by atoms with E-state index >= 15 is 0 Å². The Morgan fingerprint density at radius 2 is 1.75 bits per heavy atom. The van der Waals surface area contributed by atoms with Crippen molar-refractivity contribution in [3.8, 4) is 5.75 Å². The first kappa shape index (κ1) is 25.0. The summed E-state index contributed by atoms with van der Waals surface area (Å²) in [6.45, 7) is 8.86. The monoisotopic (exact) mass is 488 g/mol. The number of benzene rings is 2. The zero-order chi connectivity index (χ0) is 24.9. The number of nitrogens with one attached hydrogen (secondary N) is 1. The lowest BCUT2D eigenvalue weighted by Crippen LogP contribution is -2.50. The van der Waals surface area contributed by atoms with Crippen molar-refractivity contribution in [2.24, 2.45) is 0 Å². The lowest BCUT2D eigenvalue weighted by atomic mass is 9.87. The molecule has 2 N–H and O–H groups in total. The average molecular weight is 489 g/mol. The van der Waals surface area contributed by atoms with E-state index in [1.54, 1.807) is 6.07 Å². The summed E-state index contributed by atoms with van der Waals surface area (Å²) in [6.07, 6.45) is 10.3. The minimum Gasteiger partial charge on any atom is -0.508 e. The third kappa shape index (κ3) is 5.66. The van der Waals surface area contributed by atoms with Gasteiger partial charge < -0.3 is 5.11 Å². The van der Waals surface area contributed by atoms with Gasteiger partial charge in [-0.15, -0.1) is 6.58 Å². The third-order valence-corrected chi connectivity index (χ3v) is 8.14. The number of hydrazine groups is 1. The van der Waals surface area contributed by atoms with Gasteiger partial charge in [0.25, 0.3) is 5.91 Å². The molecule has 0 radical (unpaired) electrons. The second-order valence-corrected chi connectivity index (χ2v) is 10.6. The molecule has 0 aromatic heterocycles. The van der Waals surface area contributed by atoms with E-state index in [9.17, 15) is 9.90 Å². The van der Waals surface area contributed by atoms with E-state index in [4.69, 9.17) is 0 Å². The van der Waals surface area contributed by atoms with E-state index in [1.165, 1.54) is 31.2 Å². The molecule has 6 nitrogen and oxygen atoms in total. The largest absolute Gasteiger partial charge is 0.508 e. The topological polar surface area (TPSA) is 59.0 Å². The van der Waals surface area contributed by atoms with Gasteiger partial charge in [0.15, 0.2) is 0 Å². The molecule has 0 saturated carbocycles. The number of fused-ring (bicyclic) bond motifs is 2. The molecule has 192 valence electrons. The van der Waals surface area contributed by atoms with Crippen LogP contribution in [0.5, 0.6) is 5.75 Å². The first-order valence-corrected chi connectivity index (χ1v) is 13.7. The third-order valence-electron chi connectivity index (χ3n) is 8.14. The van der Waals surface area contributed by atoms with E-state index in [0.29, 0.717) is 23.4 Å². The summed E-state index contributed by atoms with van der Waals surface area (Å²) in [4.78, 5) is 18.1. The highest BCUT2D eigenvalue weighted by molar-refractivity contribution is 5.93. The maximum absolute atomic E-state index is 12.9. The van der Waals surface area contributed by atoms with Crippen molar-refractivity contribution < 1.29 is 9.90 Å². The van der Waals surface area contributed by atoms with Gasteiger partial charge in [-0.05, 0) is 67.5 Å². The summed E-state index contributed by atoms with van der Waals surface area (Å²) < 4.78 is 0. The predicted molar refractivity (Wildman–Crippen MR) is 144 cm³/mol. The summed E-state index contributed by atoms with van der Waals surface area (Å²) in [5, 5.41) is 12.4. The number of piperidine rings is 2. The molecular weight excluding hydrogens is 448 g/mol. The Morgan fingerprint density at radius 1 is 0.972 bits per heavy atom. The van der Waals surface area contributed by atoms with Gasteiger partial charge in [-0.1, -0.05) is 43.2 Å². The second-order valence-electron chi connectivity index (χ2n) is 10.6. The summed E-state index contributed by atoms with van der Waals surface area (Å²) in [6, 6.07) is 16.8. The molecule has 3 atom stereocenters. The van der Waals surface area contributed by atoms with Gasteiger partial charge in [0, 0.05) is 50.4 Å². The molecule has 0 aliphatic carbocycles. The summed E-state index contributed by atoms with van der Waals surface area (Å²) in [5.74, 6) is 0.257. The number of carbonyl (C=O) groups excluding carboxylic acids is 1. The fourth-order valence-electron chi connectivity index (χ4n) is 6.42. The number of nitrogens with zero attached hydrogens (tertiary/aromatic N) is 3. The number of phenols is 1. The summed E-state index contributed by atoms with van der Waals surface area (Å²) in [5.41, 5.74) is 6.05. The molecule has 3 aliphatic rings. The lowest BCUT2D eigenvalue weighted by Gasteiger charge is -2.46. The fraction of sp³-hybridized carbons (Fsp3) is 0.500. The molecule has 36 heavy (non-hydrogen) atoms. The fourth-order valence-corrected chi connectivity index (χ4v) is 6.42. The van der Waals surface area contributed by atoms with E-state index in [1.807, 2.05) is 35.4 Å². The Balaban J connectivity index is 1.44. The summed E-state index contributed by atoms with van der Waals surface area (Å²) >= 11 is 0. The number of phenolic OH excluding ortho intramolecular Hbond substituents is 1. The van der Waals surface area contributed by atoms with Gasteiger partial charge >= 0.3 is 0 Å². The van der Waals surface area contributed by atoms with E-state index in [2.05, 4.69) is 40.0 Å². The van der Waals surface area contributed by atoms with E-state index in [-0.39, 0.29) is 11.9 Å². The highest BCUT2D eigenvalue weighted by Gasteiger charge is 2.39. The van der Waals surface area contributed by atoms with Crippen LogP contribution in [0.1, 0.15) is 72.5 Å². The zero-order valence-electron chi connectivity index (χ0n) is 21.3. The van der Waals surface area contributed by atoms with Crippen molar-refractivity contribution >= 4 is 5.91 Å². The predicted octanol–water partition coefficient (Wildman–Crippen LogP) is 4.73. The molecule has 2 aromatic carbocycles. The van der Waals surface area contributed by atoms with Crippen molar-refractivity contribution in [2.75, 3.05) is 32.7 Å². The van der Waals surface area contributed by atoms with Gasteiger partial charge in [-0.3, -0.25) is 20.0 Å². The second kappa shape index (κ2) is 11.6. The minimum absolute atomic E-state index is 0.0373. The van der Waals surface area contributed by atoms with Crippen LogP contribution in [0.2, 0.25) is 0 Å². The first-order chi connectivity index (χ1) is 17.6. The normalized spacial score (nSPS) is 24.6. The van der Waals surface area contributed by atoms with Crippen LogP contribution in [0, 0.1) is 0 Å². The highest BCUT2D eigenvalue weighted by atomic mass is 16.3. The van der Waals surface area contributed by atoms with Crippen LogP contribution >= 0.6 is 0 Å². The molecule has 3 unspecified atom stereocenters. The number of aromatic hydroxyl groups is 1. The van der Waals surface area contributed by atoms with Gasteiger partial charge in [0.1, 0.15) is 5.75 Å². The smallest absolute Gasteiger partial charge is 0.265 e. The van der Waals surface area contributed by atoms with E-state index in [0.717, 1.165) is 57.5 Å². The van der Waals surface area contributed by atoms with Gasteiger partial charge in [0.2, 0.25) is 0 Å². The summed E-state index contributed by atoms with van der Waals surface area (Å²) in [7, 11) is 0. The molecule has 0 spiro atoms. The van der Waals surface area contributed by atoms with E-state index < -0.39 is 0 Å². The van der Waals surface area contributed by atoms with Crippen molar-refractivity contribution in [2.45, 2.75) is 63.1 Å². The highest BCUT2D eigenvalue weighted by Crippen LogP contribution is 2.40. The molecular formula is C30H40N4O2. The standard InChI is InChI=1S/C30H40N4O2/c1-2-17-32-20-16-26-9-7-10-27(22-32)34(26)29(25-8-6-11-28(35)21-25)23-12-14-24(15-13-23)30(36)31-33-18-4-3-5-19-33/h2,6,8,11-15,21,26-27,29,35H,1,3-5,7,9-10,16-20,22H2,(H,31,36). The van der Waals surface area contributed by atoms with Gasteiger partial charge in [-0.2, -0.15) is 0 Å². The molecule has 3 aliphatic heterocycles. The quantitative estimate of drug-likeness (QED) is 0.552. The molecule has 3 fully saturated rings. The number of amides is 1. The Labute approximate surface area is 215 Å². The van der Waals surface area contributed by atoms with Crippen LogP contribution in [0.15, 0.2) is 61.2 Å². The first-order valence-electron chi connectivity index (χ1n) is 13.7. The van der Waals surface area contributed by atoms with Crippen LogP contribution in [-0.4, -0.2) is 70.6 Å². The molecule has 1 amide bonds. The minimum atomic E-state index is -0.0379. The number of hydrogen-bond acceptors (Lipinski definition) is 5. The van der Waals surface area contributed by atoms with Gasteiger partial charge in [0.05, 0.1) is 6.04 Å². The van der Waals surface area contributed by atoms with Crippen LogP contribution in [0.25, 0.3) is 0 Å². The van der Waals surface area contributed by atoms with Crippen molar-refractivity contribution in [3.63, 3.8) is 0 Å². The average Bonchev–Trinajstić information content (AvgIpc) is 2.98. The Bertz CT molecular complexity index is 1030. The number of carbonyl (C=O) groups is 1. The van der Waals surface area contributed by atoms with Gasteiger partial charge in [-0.25, -0.2) is 5.01 Å². The molecule has 5 rings (SSSR count). The van der Waals surface area contributed by atoms with Crippen LogP contribution in [0.4, 0.5) is 0 Å². The zero-order valence-corrected chi connectivity index (χ0v) is 21.3. The lowest BCUT2D eigenvalue weighted by molar-refractivity contribution is 0.0562. The molecule has 3 heterocycles. The Kier molecular flexibility index (Phi) is 8.05. The molecule has 3 saturated heterocycles. The van der Waals surface area contributed by atoms with Crippen molar-refractivity contribution in [1.29, 1.82) is 0 Å². The Hall–Kier alpha value is -2.67. The maximum atomic E-state index is 12.9.